The first kappa shape index (κ1) is 15.9. The molecular formula is C19H19N3O2. The zero-order chi connectivity index (χ0) is 17.1. The van der Waals surface area contributed by atoms with Gasteiger partial charge in [-0.25, -0.2) is 4.98 Å². The van der Waals surface area contributed by atoms with Crippen molar-refractivity contribution in [1.29, 1.82) is 0 Å². The summed E-state index contributed by atoms with van der Waals surface area (Å²) in [6.45, 7) is 3.38. The summed E-state index contributed by atoms with van der Waals surface area (Å²) in [5, 5.41) is 2.81. The Hall–Kier alpha value is -2.95. The highest BCUT2D eigenvalue weighted by molar-refractivity contribution is 5.91. The molecular weight excluding hydrogens is 302 g/mol. The SMILES string of the molecule is CC(=O)N1C=Cc2ccccc2[C@@H]1CC(=O)Nc1cccc(C)n1. The summed E-state index contributed by atoms with van der Waals surface area (Å²) in [5.41, 5.74) is 2.84. The number of nitrogens with one attached hydrogen (secondary N) is 1. The number of nitrogens with zero attached hydrogens (tertiary/aromatic N) is 2. The van der Waals surface area contributed by atoms with E-state index in [1.54, 1.807) is 17.2 Å². The first-order chi connectivity index (χ1) is 11.5. The predicted molar refractivity (Wildman–Crippen MR) is 93.0 cm³/mol. The van der Waals surface area contributed by atoms with Crippen LogP contribution in [0.5, 0.6) is 0 Å². The van der Waals surface area contributed by atoms with E-state index in [1.807, 2.05) is 49.4 Å². The number of hydrogen-bond acceptors (Lipinski definition) is 3. The molecule has 2 heterocycles. The Kier molecular flexibility index (Phi) is 4.42. The summed E-state index contributed by atoms with van der Waals surface area (Å²) >= 11 is 0. The van der Waals surface area contributed by atoms with Crippen molar-refractivity contribution < 1.29 is 9.59 Å². The number of fused-ring (bicyclic) bond motifs is 1. The molecule has 0 fully saturated rings. The summed E-state index contributed by atoms with van der Waals surface area (Å²) in [6, 6.07) is 13.0. The lowest BCUT2D eigenvalue weighted by Gasteiger charge is -2.32. The smallest absolute Gasteiger partial charge is 0.227 e. The number of pyridine rings is 1. The number of hydrogen-bond donors (Lipinski definition) is 1. The monoisotopic (exact) mass is 321 g/mol. The van der Waals surface area contributed by atoms with Gasteiger partial charge in [0.15, 0.2) is 0 Å². The van der Waals surface area contributed by atoms with Crippen LogP contribution in [0.3, 0.4) is 0 Å². The average Bonchev–Trinajstić information content (AvgIpc) is 2.54. The molecule has 0 radical (unpaired) electrons. The van der Waals surface area contributed by atoms with Gasteiger partial charge in [0.1, 0.15) is 5.82 Å². The highest BCUT2D eigenvalue weighted by Gasteiger charge is 2.28. The molecule has 0 saturated heterocycles. The Bertz CT molecular complexity index is 814. The fourth-order valence-electron chi connectivity index (χ4n) is 2.90. The van der Waals surface area contributed by atoms with Crippen molar-refractivity contribution in [3.8, 4) is 0 Å². The molecule has 0 unspecified atom stereocenters. The van der Waals surface area contributed by atoms with Crippen LogP contribution in [0.15, 0.2) is 48.7 Å². The molecule has 0 saturated carbocycles. The minimum absolute atomic E-state index is 0.0905. The summed E-state index contributed by atoms with van der Waals surface area (Å²) in [6.07, 6.45) is 3.82. The number of anilines is 1. The maximum absolute atomic E-state index is 12.5. The molecule has 1 aliphatic heterocycles. The van der Waals surface area contributed by atoms with E-state index in [-0.39, 0.29) is 24.3 Å². The van der Waals surface area contributed by atoms with Crippen LogP contribution < -0.4 is 5.32 Å². The second-order valence-electron chi connectivity index (χ2n) is 5.80. The molecule has 1 aliphatic rings. The number of amides is 2. The molecule has 2 amide bonds. The van der Waals surface area contributed by atoms with E-state index in [1.165, 1.54) is 6.92 Å². The van der Waals surface area contributed by atoms with Gasteiger partial charge in [0.05, 0.1) is 12.5 Å². The summed E-state index contributed by atoms with van der Waals surface area (Å²) < 4.78 is 0. The minimum atomic E-state index is -0.312. The lowest BCUT2D eigenvalue weighted by Crippen LogP contribution is -2.33. The Balaban J connectivity index is 1.82. The van der Waals surface area contributed by atoms with Gasteiger partial charge in [-0.15, -0.1) is 0 Å². The molecule has 3 rings (SSSR count). The van der Waals surface area contributed by atoms with Gasteiger partial charge < -0.3 is 10.2 Å². The third kappa shape index (κ3) is 3.35. The third-order valence-corrected chi connectivity index (χ3v) is 4.00. The van der Waals surface area contributed by atoms with E-state index in [0.29, 0.717) is 5.82 Å². The minimum Gasteiger partial charge on any atom is -0.311 e. The highest BCUT2D eigenvalue weighted by atomic mass is 16.2. The van der Waals surface area contributed by atoms with Crippen LogP contribution in [0.4, 0.5) is 5.82 Å². The van der Waals surface area contributed by atoms with Gasteiger partial charge in [0.2, 0.25) is 11.8 Å². The van der Waals surface area contributed by atoms with Crippen molar-refractivity contribution in [2.45, 2.75) is 26.3 Å². The van der Waals surface area contributed by atoms with E-state index in [4.69, 9.17) is 0 Å². The number of rotatable bonds is 3. The molecule has 5 nitrogen and oxygen atoms in total. The van der Waals surface area contributed by atoms with Crippen LogP contribution in [0, 0.1) is 6.92 Å². The molecule has 5 heteroatoms. The van der Waals surface area contributed by atoms with E-state index in [9.17, 15) is 9.59 Å². The Labute approximate surface area is 141 Å². The first-order valence-corrected chi connectivity index (χ1v) is 7.84. The Morgan fingerprint density at radius 3 is 2.71 bits per heavy atom. The first-order valence-electron chi connectivity index (χ1n) is 7.84. The number of carbonyl (C=O) groups is 2. The second-order valence-corrected chi connectivity index (χ2v) is 5.80. The Morgan fingerprint density at radius 1 is 1.17 bits per heavy atom. The molecule has 0 bridgehead atoms. The fraction of sp³-hybridized carbons (Fsp3) is 0.211. The van der Waals surface area contributed by atoms with Crippen LogP contribution in [-0.4, -0.2) is 21.7 Å². The highest BCUT2D eigenvalue weighted by Crippen LogP contribution is 2.32. The van der Waals surface area contributed by atoms with E-state index >= 15 is 0 Å². The third-order valence-electron chi connectivity index (χ3n) is 4.00. The number of aromatic nitrogens is 1. The standard InChI is InChI=1S/C19H19N3O2/c1-13-6-5-9-18(20-13)21-19(24)12-17-16-8-4-3-7-15(16)10-11-22(17)14(2)23/h3-11,17H,12H2,1-2H3,(H,20,21,24)/t17-/m0/s1. The number of aryl methyl sites for hydroxylation is 1. The van der Waals surface area contributed by atoms with Crippen LogP contribution in [0.25, 0.3) is 6.08 Å². The molecule has 2 aromatic rings. The zero-order valence-electron chi connectivity index (χ0n) is 13.7. The van der Waals surface area contributed by atoms with Gasteiger partial charge >= 0.3 is 0 Å². The van der Waals surface area contributed by atoms with Gasteiger partial charge in [-0.05, 0) is 36.3 Å². The second kappa shape index (κ2) is 6.66. The lowest BCUT2D eigenvalue weighted by molar-refractivity contribution is -0.129. The molecule has 0 aliphatic carbocycles. The summed E-state index contributed by atoms with van der Waals surface area (Å²) in [7, 11) is 0. The van der Waals surface area contributed by atoms with E-state index < -0.39 is 0 Å². The van der Waals surface area contributed by atoms with Crippen LogP contribution in [-0.2, 0) is 9.59 Å². The van der Waals surface area contributed by atoms with Gasteiger partial charge in [-0.2, -0.15) is 0 Å². The Morgan fingerprint density at radius 2 is 1.96 bits per heavy atom. The predicted octanol–water partition coefficient (Wildman–Crippen LogP) is 3.29. The van der Waals surface area contributed by atoms with E-state index in [0.717, 1.165) is 16.8 Å². The molecule has 24 heavy (non-hydrogen) atoms. The van der Waals surface area contributed by atoms with Crippen molar-refractivity contribution in [1.82, 2.24) is 9.88 Å². The van der Waals surface area contributed by atoms with Crippen molar-refractivity contribution in [3.63, 3.8) is 0 Å². The van der Waals surface area contributed by atoms with E-state index in [2.05, 4.69) is 10.3 Å². The normalized spacial score (nSPS) is 15.8. The molecule has 1 N–H and O–H groups in total. The van der Waals surface area contributed by atoms with Crippen molar-refractivity contribution in [3.05, 3.63) is 65.5 Å². The molecule has 0 spiro atoms. The molecule has 1 aromatic carbocycles. The quantitative estimate of drug-likeness (QED) is 0.943. The lowest BCUT2D eigenvalue weighted by atomic mass is 9.93. The maximum Gasteiger partial charge on any atom is 0.227 e. The molecule has 1 atom stereocenters. The average molecular weight is 321 g/mol. The summed E-state index contributed by atoms with van der Waals surface area (Å²) in [4.78, 5) is 30.3. The zero-order valence-corrected chi connectivity index (χ0v) is 13.7. The van der Waals surface area contributed by atoms with Crippen LogP contribution in [0.1, 0.15) is 36.2 Å². The van der Waals surface area contributed by atoms with Gasteiger partial charge in [-0.1, -0.05) is 30.3 Å². The topological polar surface area (TPSA) is 62.3 Å². The number of carbonyl (C=O) groups excluding carboxylic acids is 2. The van der Waals surface area contributed by atoms with Crippen molar-refractivity contribution >= 4 is 23.7 Å². The molecule has 1 aromatic heterocycles. The largest absolute Gasteiger partial charge is 0.311 e. The summed E-state index contributed by atoms with van der Waals surface area (Å²) in [5.74, 6) is 0.260. The van der Waals surface area contributed by atoms with Gasteiger partial charge in [0.25, 0.3) is 0 Å². The number of benzene rings is 1. The van der Waals surface area contributed by atoms with Gasteiger partial charge in [-0.3, -0.25) is 9.59 Å². The van der Waals surface area contributed by atoms with Gasteiger partial charge in [0, 0.05) is 18.8 Å². The van der Waals surface area contributed by atoms with Crippen molar-refractivity contribution in [2.24, 2.45) is 0 Å². The van der Waals surface area contributed by atoms with Crippen LogP contribution >= 0.6 is 0 Å². The molecule has 122 valence electrons. The van der Waals surface area contributed by atoms with Crippen LogP contribution in [0.2, 0.25) is 0 Å². The maximum atomic E-state index is 12.5. The van der Waals surface area contributed by atoms with Crippen molar-refractivity contribution in [2.75, 3.05) is 5.32 Å². The fourth-order valence-corrected chi connectivity index (χ4v) is 2.90.